The number of nitro groups is 1. The van der Waals surface area contributed by atoms with E-state index in [-0.39, 0.29) is 6.42 Å². The molecule has 1 atom stereocenters. The summed E-state index contributed by atoms with van der Waals surface area (Å²) >= 11 is 0. The minimum atomic E-state index is -1.34. The maximum atomic E-state index is 11.3. The zero-order valence-electron chi connectivity index (χ0n) is 8.79. The third-order valence-electron chi connectivity index (χ3n) is 2.17. The molecule has 0 radical (unpaired) electrons. The first-order valence-electron chi connectivity index (χ1n) is 4.91. The summed E-state index contributed by atoms with van der Waals surface area (Å²) in [5.41, 5.74) is -0.714. The van der Waals surface area contributed by atoms with E-state index >= 15 is 0 Å². The lowest BCUT2D eigenvalue weighted by atomic mass is 10.2. The fourth-order valence-corrected chi connectivity index (χ4v) is 1.36. The average Bonchev–Trinajstić information content (AvgIpc) is 2.21. The smallest absolute Gasteiger partial charge is 0.417 e. The summed E-state index contributed by atoms with van der Waals surface area (Å²) in [6, 6.07) is 0.990. The van der Waals surface area contributed by atoms with Gasteiger partial charge < -0.3 is 4.42 Å². The van der Waals surface area contributed by atoms with Crippen molar-refractivity contribution in [2.45, 2.75) is 32.4 Å². The summed E-state index contributed by atoms with van der Waals surface area (Å²) in [5, 5.41) is 10.8. The van der Waals surface area contributed by atoms with Crippen molar-refractivity contribution in [3.8, 4) is 0 Å². The topological polar surface area (TPSA) is 95.3 Å². The van der Waals surface area contributed by atoms with Gasteiger partial charge in [0.2, 0.25) is 0 Å². The molecule has 0 bridgehead atoms. The van der Waals surface area contributed by atoms with Crippen LogP contribution in [0.15, 0.2) is 26.3 Å². The van der Waals surface area contributed by atoms with Gasteiger partial charge in [0.1, 0.15) is 6.26 Å². The molecule has 88 valence electrons. The first-order chi connectivity index (χ1) is 7.57. The number of rotatable bonds is 5. The van der Waals surface area contributed by atoms with Crippen molar-refractivity contribution in [1.82, 2.24) is 4.57 Å². The predicted molar refractivity (Wildman–Crippen MR) is 54.8 cm³/mol. The van der Waals surface area contributed by atoms with Gasteiger partial charge in [-0.05, 0) is 6.42 Å². The zero-order valence-corrected chi connectivity index (χ0v) is 8.79. The summed E-state index contributed by atoms with van der Waals surface area (Å²) in [4.78, 5) is 32.7. The Hall–Kier alpha value is -1.92. The molecule has 0 aliphatic carbocycles. The molecular weight excluding hydrogens is 216 g/mol. The van der Waals surface area contributed by atoms with E-state index in [0.29, 0.717) is 11.0 Å². The molecule has 0 saturated carbocycles. The summed E-state index contributed by atoms with van der Waals surface area (Å²) in [5.74, 6) is -0.995. The maximum absolute atomic E-state index is 11.3. The fraction of sp³-hybridized carbons (Fsp3) is 0.556. The molecule has 16 heavy (non-hydrogen) atoms. The van der Waals surface area contributed by atoms with E-state index in [0.717, 1.165) is 18.8 Å². The summed E-state index contributed by atoms with van der Waals surface area (Å²) < 4.78 is 4.99. The van der Waals surface area contributed by atoms with Crippen molar-refractivity contribution in [1.29, 1.82) is 0 Å². The Labute approximate surface area is 90.5 Å². The lowest BCUT2D eigenvalue weighted by molar-refractivity contribution is -0.551. The highest BCUT2D eigenvalue weighted by molar-refractivity contribution is 4.80. The van der Waals surface area contributed by atoms with Gasteiger partial charge in [-0.3, -0.25) is 14.9 Å². The molecule has 1 heterocycles. The van der Waals surface area contributed by atoms with Crippen molar-refractivity contribution in [3.63, 3.8) is 0 Å². The van der Waals surface area contributed by atoms with E-state index in [2.05, 4.69) is 4.42 Å². The SMILES string of the molecule is CCCCC(n1c(=O)ccoc1=O)[N+](=O)[O-]. The van der Waals surface area contributed by atoms with Crippen molar-refractivity contribution >= 4 is 0 Å². The lowest BCUT2D eigenvalue weighted by Crippen LogP contribution is -2.38. The Morgan fingerprint density at radius 3 is 2.75 bits per heavy atom. The van der Waals surface area contributed by atoms with E-state index < -0.39 is 22.4 Å². The quantitative estimate of drug-likeness (QED) is 0.547. The Morgan fingerprint density at radius 1 is 1.56 bits per heavy atom. The van der Waals surface area contributed by atoms with Crippen LogP contribution in [0.25, 0.3) is 0 Å². The van der Waals surface area contributed by atoms with Gasteiger partial charge in [-0.25, -0.2) is 4.79 Å². The Morgan fingerprint density at radius 2 is 2.25 bits per heavy atom. The number of nitrogens with zero attached hydrogens (tertiary/aromatic N) is 2. The molecule has 1 unspecified atom stereocenters. The molecule has 0 spiro atoms. The van der Waals surface area contributed by atoms with Crippen LogP contribution in [-0.2, 0) is 0 Å². The second-order valence-corrected chi connectivity index (χ2v) is 3.30. The minimum absolute atomic E-state index is 0.137. The molecule has 7 heteroatoms. The van der Waals surface area contributed by atoms with Crippen molar-refractivity contribution < 1.29 is 9.34 Å². The average molecular weight is 228 g/mol. The summed E-state index contributed by atoms with van der Waals surface area (Å²) in [6.07, 6.45) is 1.03. The van der Waals surface area contributed by atoms with Crippen LogP contribution < -0.4 is 11.3 Å². The van der Waals surface area contributed by atoms with Crippen LogP contribution >= 0.6 is 0 Å². The predicted octanol–water partition coefficient (Wildman–Crippen LogP) is 0.767. The molecule has 0 fully saturated rings. The van der Waals surface area contributed by atoms with Crippen LogP contribution in [0.4, 0.5) is 0 Å². The molecule has 0 aliphatic rings. The molecule has 1 aromatic heterocycles. The van der Waals surface area contributed by atoms with Crippen molar-refractivity contribution in [2.24, 2.45) is 0 Å². The van der Waals surface area contributed by atoms with E-state index in [1.165, 1.54) is 0 Å². The molecule has 1 aromatic rings. The number of aromatic nitrogens is 1. The molecular formula is C9H12N2O5. The van der Waals surface area contributed by atoms with Crippen LogP contribution in [0.3, 0.4) is 0 Å². The Bertz CT molecular complexity index is 447. The highest BCUT2D eigenvalue weighted by Gasteiger charge is 2.25. The monoisotopic (exact) mass is 228 g/mol. The summed E-state index contributed by atoms with van der Waals surface area (Å²) in [7, 11) is 0. The maximum Gasteiger partial charge on any atom is 0.427 e. The van der Waals surface area contributed by atoms with Gasteiger partial charge in [0.25, 0.3) is 11.7 Å². The minimum Gasteiger partial charge on any atom is -0.417 e. The van der Waals surface area contributed by atoms with E-state index in [9.17, 15) is 19.7 Å². The van der Waals surface area contributed by atoms with Gasteiger partial charge in [0.15, 0.2) is 0 Å². The third-order valence-corrected chi connectivity index (χ3v) is 2.17. The second-order valence-electron chi connectivity index (χ2n) is 3.30. The Balaban J connectivity index is 3.16. The molecule has 0 amide bonds. The van der Waals surface area contributed by atoms with Gasteiger partial charge >= 0.3 is 5.76 Å². The lowest BCUT2D eigenvalue weighted by Gasteiger charge is -2.09. The molecule has 0 saturated heterocycles. The highest BCUT2D eigenvalue weighted by Crippen LogP contribution is 2.11. The van der Waals surface area contributed by atoms with Gasteiger partial charge in [0, 0.05) is 17.4 Å². The summed E-state index contributed by atoms with van der Waals surface area (Å²) in [6.45, 7) is 1.87. The fourth-order valence-electron chi connectivity index (χ4n) is 1.36. The van der Waals surface area contributed by atoms with Crippen LogP contribution in [0.5, 0.6) is 0 Å². The van der Waals surface area contributed by atoms with Crippen LogP contribution in [-0.4, -0.2) is 9.49 Å². The highest BCUT2D eigenvalue weighted by atomic mass is 16.6. The van der Waals surface area contributed by atoms with Gasteiger partial charge in [-0.1, -0.05) is 13.3 Å². The van der Waals surface area contributed by atoms with Crippen LogP contribution in [0.2, 0.25) is 0 Å². The second kappa shape index (κ2) is 5.24. The normalized spacial score (nSPS) is 12.3. The molecule has 0 N–H and O–H groups in total. The molecule has 1 rings (SSSR count). The van der Waals surface area contributed by atoms with Crippen molar-refractivity contribution in [2.75, 3.05) is 0 Å². The standard InChI is InChI=1S/C9H12N2O5/c1-2-3-4-7(11(14)15)10-8(12)5-6-16-9(10)13/h5-7H,2-4H2,1H3. The van der Waals surface area contributed by atoms with E-state index in [1.807, 2.05) is 6.92 Å². The van der Waals surface area contributed by atoms with E-state index in [4.69, 9.17) is 0 Å². The number of unbranched alkanes of at least 4 members (excludes halogenated alkanes) is 1. The van der Waals surface area contributed by atoms with Crippen LogP contribution in [0, 0.1) is 10.1 Å². The molecule has 0 aliphatic heterocycles. The largest absolute Gasteiger partial charge is 0.427 e. The van der Waals surface area contributed by atoms with Crippen LogP contribution in [0.1, 0.15) is 32.4 Å². The first-order valence-corrected chi connectivity index (χ1v) is 4.91. The van der Waals surface area contributed by atoms with E-state index in [1.54, 1.807) is 0 Å². The number of hydrogen-bond donors (Lipinski definition) is 0. The van der Waals surface area contributed by atoms with Gasteiger partial charge in [-0.15, -0.1) is 0 Å². The first kappa shape index (κ1) is 12.2. The molecule has 0 aromatic carbocycles. The van der Waals surface area contributed by atoms with Crippen molar-refractivity contribution in [3.05, 3.63) is 43.3 Å². The molecule has 7 nitrogen and oxygen atoms in total. The Kier molecular flexibility index (Phi) is 3.98. The number of hydrogen-bond acceptors (Lipinski definition) is 5. The van der Waals surface area contributed by atoms with Gasteiger partial charge in [0.05, 0.1) is 0 Å². The van der Waals surface area contributed by atoms with Gasteiger partial charge in [-0.2, -0.15) is 4.57 Å². The zero-order chi connectivity index (χ0) is 12.1. The third kappa shape index (κ3) is 2.56.